The van der Waals surface area contributed by atoms with Crippen LogP contribution < -0.4 is 10.6 Å². The predicted octanol–water partition coefficient (Wildman–Crippen LogP) is -0.0396. The second-order valence-electron chi connectivity index (χ2n) is 5.48. The van der Waals surface area contributed by atoms with Crippen molar-refractivity contribution in [2.75, 3.05) is 26.3 Å². The van der Waals surface area contributed by atoms with Crippen LogP contribution in [0.3, 0.4) is 0 Å². The largest absolute Gasteiger partial charge is 0.380 e. The van der Waals surface area contributed by atoms with Gasteiger partial charge in [-0.3, -0.25) is 4.79 Å². The number of ether oxygens (including phenoxy) is 1. The van der Waals surface area contributed by atoms with Crippen LogP contribution in [0, 0.1) is 18.3 Å². The van der Waals surface area contributed by atoms with E-state index in [9.17, 15) is 4.79 Å². The van der Waals surface area contributed by atoms with Crippen LogP contribution in [0.15, 0.2) is 6.33 Å². The molecule has 2 aliphatic rings. The Balaban J connectivity index is 1.67. The highest BCUT2D eigenvalue weighted by Gasteiger charge is 2.50. The monoisotopic (exact) mass is 264 g/mol. The molecule has 6 heteroatoms. The summed E-state index contributed by atoms with van der Waals surface area (Å²) in [6.07, 6.45) is 2.61. The molecule has 3 heterocycles. The van der Waals surface area contributed by atoms with Gasteiger partial charge in [-0.1, -0.05) is 0 Å². The van der Waals surface area contributed by atoms with E-state index in [1.165, 1.54) is 0 Å². The highest BCUT2D eigenvalue weighted by Crippen LogP contribution is 2.37. The molecule has 6 nitrogen and oxygen atoms in total. The molecule has 2 saturated heterocycles. The fourth-order valence-electron chi connectivity index (χ4n) is 3.07. The van der Waals surface area contributed by atoms with Gasteiger partial charge in [0, 0.05) is 18.8 Å². The Morgan fingerprint density at radius 3 is 3.37 bits per heavy atom. The van der Waals surface area contributed by atoms with E-state index in [4.69, 9.17) is 4.74 Å². The fourth-order valence-corrected chi connectivity index (χ4v) is 3.07. The zero-order valence-electron chi connectivity index (χ0n) is 11.2. The van der Waals surface area contributed by atoms with Gasteiger partial charge in [-0.05, 0) is 25.8 Å². The molecule has 0 radical (unpaired) electrons. The average molecular weight is 264 g/mol. The molecule has 3 rings (SSSR count). The number of H-pyrrole nitrogens is 1. The van der Waals surface area contributed by atoms with Gasteiger partial charge >= 0.3 is 0 Å². The Bertz CT molecular complexity index is 473. The highest BCUT2D eigenvalue weighted by atomic mass is 16.5. The molecule has 0 unspecified atom stereocenters. The van der Waals surface area contributed by atoms with Crippen molar-refractivity contribution in [3.8, 4) is 0 Å². The van der Waals surface area contributed by atoms with Gasteiger partial charge in [-0.15, -0.1) is 0 Å². The normalized spacial score (nSPS) is 30.1. The second kappa shape index (κ2) is 4.94. The highest BCUT2D eigenvalue weighted by molar-refractivity contribution is 5.84. The van der Waals surface area contributed by atoms with Crippen molar-refractivity contribution in [3.05, 3.63) is 17.7 Å². The van der Waals surface area contributed by atoms with Gasteiger partial charge in [0.2, 0.25) is 5.91 Å². The number of carbonyl (C=O) groups excluding carboxylic acids is 1. The summed E-state index contributed by atoms with van der Waals surface area (Å²) in [5.41, 5.74) is 1.51. The number of hydrogen-bond donors (Lipinski definition) is 3. The lowest BCUT2D eigenvalue weighted by molar-refractivity contribution is -0.141. The Hall–Kier alpha value is -1.40. The third kappa shape index (κ3) is 2.15. The molecule has 3 N–H and O–H groups in total. The van der Waals surface area contributed by atoms with Crippen molar-refractivity contribution < 1.29 is 9.53 Å². The van der Waals surface area contributed by atoms with Gasteiger partial charge in [0.05, 0.1) is 30.6 Å². The third-order valence-electron chi connectivity index (χ3n) is 4.39. The van der Waals surface area contributed by atoms with Gasteiger partial charge < -0.3 is 20.4 Å². The summed E-state index contributed by atoms with van der Waals surface area (Å²) in [4.78, 5) is 19.8. The molecule has 1 aromatic rings. The summed E-state index contributed by atoms with van der Waals surface area (Å²) >= 11 is 0. The first kappa shape index (κ1) is 12.6. The summed E-state index contributed by atoms with van der Waals surface area (Å²) < 4.78 is 5.55. The standard InChI is InChI=1S/C13H20N4O2/c1-9-11(17-8-16-9)5-15-12(18)13-6-14-4-10(13)2-3-19-7-13/h8,10,14H,2-7H2,1H3,(H,15,18)(H,16,17)/t10-,13+/m1/s1. The van der Waals surface area contributed by atoms with E-state index in [-0.39, 0.29) is 11.3 Å². The number of aromatic nitrogens is 2. The zero-order chi connectivity index (χ0) is 13.3. The lowest BCUT2D eigenvalue weighted by atomic mass is 9.75. The van der Waals surface area contributed by atoms with Crippen molar-refractivity contribution in [1.82, 2.24) is 20.6 Å². The number of nitrogens with zero attached hydrogens (tertiary/aromatic N) is 1. The molecule has 1 amide bonds. The van der Waals surface area contributed by atoms with Crippen molar-refractivity contribution >= 4 is 5.91 Å². The Kier molecular flexibility index (Phi) is 3.28. The number of nitrogens with one attached hydrogen (secondary N) is 3. The van der Waals surface area contributed by atoms with E-state index in [2.05, 4.69) is 20.6 Å². The minimum atomic E-state index is -0.386. The maximum Gasteiger partial charge on any atom is 0.230 e. The van der Waals surface area contributed by atoms with E-state index in [0.717, 1.165) is 31.0 Å². The molecule has 0 spiro atoms. The first-order chi connectivity index (χ1) is 9.22. The molecule has 1 aromatic heterocycles. The first-order valence-electron chi connectivity index (χ1n) is 6.78. The number of fused-ring (bicyclic) bond motifs is 1. The van der Waals surface area contributed by atoms with Crippen LogP contribution in [-0.2, 0) is 16.1 Å². The Morgan fingerprint density at radius 2 is 2.58 bits per heavy atom. The first-order valence-corrected chi connectivity index (χ1v) is 6.78. The third-order valence-corrected chi connectivity index (χ3v) is 4.39. The molecule has 0 aromatic carbocycles. The van der Waals surface area contributed by atoms with Crippen LogP contribution in [0.1, 0.15) is 17.8 Å². The molecule has 0 bridgehead atoms. The maximum atomic E-state index is 12.5. The van der Waals surface area contributed by atoms with E-state index in [1.54, 1.807) is 6.33 Å². The van der Waals surface area contributed by atoms with E-state index < -0.39 is 0 Å². The number of rotatable bonds is 3. The number of carbonyl (C=O) groups is 1. The Labute approximate surface area is 112 Å². The number of aromatic amines is 1. The summed E-state index contributed by atoms with van der Waals surface area (Å²) in [6, 6.07) is 0. The molecule has 0 aliphatic carbocycles. The zero-order valence-corrected chi connectivity index (χ0v) is 11.2. The molecule has 19 heavy (non-hydrogen) atoms. The van der Waals surface area contributed by atoms with Crippen LogP contribution in [-0.4, -0.2) is 42.2 Å². The van der Waals surface area contributed by atoms with Crippen molar-refractivity contribution in [1.29, 1.82) is 0 Å². The summed E-state index contributed by atoms with van der Waals surface area (Å²) in [5.74, 6) is 0.478. The lowest BCUT2D eigenvalue weighted by Gasteiger charge is -2.36. The van der Waals surface area contributed by atoms with Crippen LogP contribution in [0.2, 0.25) is 0 Å². The van der Waals surface area contributed by atoms with Crippen LogP contribution in [0.25, 0.3) is 0 Å². The van der Waals surface area contributed by atoms with E-state index in [1.807, 2.05) is 6.92 Å². The molecule has 2 aliphatic heterocycles. The van der Waals surface area contributed by atoms with Crippen LogP contribution in [0.5, 0.6) is 0 Å². The minimum Gasteiger partial charge on any atom is -0.380 e. The van der Waals surface area contributed by atoms with Gasteiger partial charge in [0.15, 0.2) is 0 Å². The van der Waals surface area contributed by atoms with Gasteiger partial charge in [0.25, 0.3) is 0 Å². The van der Waals surface area contributed by atoms with E-state index >= 15 is 0 Å². The van der Waals surface area contributed by atoms with Gasteiger partial charge in [-0.2, -0.15) is 0 Å². The van der Waals surface area contributed by atoms with Gasteiger partial charge in [-0.25, -0.2) is 4.98 Å². The molecule has 104 valence electrons. The summed E-state index contributed by atoms with van der Waals surface area (Å²) in [7, 11) is 0. The lowest BCUT2D eigenvalue weighted by Crippen LogP contribution is -2.51. The number of aryl methyl sites for hydroxylation is 1. The predicted molar refractivity (Wildman–Crippen MR) is 69.4 cm³/mol. The van der Waals surface area contributed by atoms with Gasteiger partial charge in [0.1, 0.15) is 0 Å². The summed E-state index contributed by atoms with van der Waals surface area (Å²) in [6.45, 7) is 5.34. The number of hydrogen-bond acceptors (Lipinski definition) is 4. The van der Waals surface area contributed by atoms with Crippen LogP contribution >= 0.6 is 0 Å². The molecular formula is C13H20N4O2. The van der Waals surface area contributed by atoms with Crippen molar-refractivity contribution in [2.24, 2.45) is 11.3 Å². The van der Waals surface area contributed by atoms with Crippen LogP contribution in [0.4, 0.5) is 0 Å². The van der Waals surface area contributed by atoms with Crippen molar-refractivity contribution in [2.45, 2.75) is 19.9 Å². The summed E-state index contributed by atoms with van der Waals surface area (Å²) in [5, 5.41) is 6.34. The Morgan fingerprint density at radius 1 is 1.68 bits per heavy atom. The number of amides is 1. The molecular weight excluding hydrogens is 244 g/mol. The second-order valence-corrected chi connectivity index (χ2v) is 5.48. The average Bonchev–Trinajstić information content (AvgIpc) is 3.02. The quantitative estimate of drug-likeness (QED) is 0.716. The number of imidazole rings is 1. The molecule has 2 atom stereocenters. The maximum absolute atomic E-state index is 12.5. The molecule has 2 fully saturated rings. The van der Waals surface area contributed by atoms with E-state index in [0.29, 0.717) is 25.6 Å². The van der Waals surface area contributed by atoms with Crippen molar-refractivity contribution in [3.63, 3.8) is 0 Å². The smallest absolute Gasteiger partial charge is 0.230 e. The minimum absolute atomic E-state index is 0.0876. The topological polar surface area (TPSA) is 79.0 Å². The fraction of sp³-hybridized carbons (Fsp3) is 0.692. The molecule has 0 saturated carbocycles. The SMILES string of the molecule is Cc1[nH]cnc1CNC(=O)[C@]12CNC[C@H]1CCOC2.